The molecule has 3 aliphatic rings. The van der Waals surface area contributed by atoms with Crippen LogP contribution < -0.4 is 15.4 Å². The molecule has 41 heavy (non-hydrogen) atoms. The monoisotopic (exact) mass is 570 g/mol. The van der Waals surface area contributed by atoms with Crippen LogP contribution in [0.4, 0.5) is 10.2 Å². The van der Waals surface area contributed by atoms with Crippen LogP contribution in [0.5, 0.6) is 11.5 Å². The van der Waals surface area contributed by atoms with Crippen LogP contribution in [0.15, 0.2) is 30.7 Å². The summed E-state index contributed by atoms with van der Waals surface area (Å²) in [4.78, 5) is 28.6. The van der Waals surface area contributed by atoms with E-state index in [-0.39, 0.29) is 34.7 Å². The number of anilines is 1. The van der Waals surface area contributed by atoms with Crippen LogP contribution in [0.1, 0.15) is 49.9 Å². The summed E-state index contributed by atoms with van der Waals surface area (Å²) in [6.07, 6.45) is 7.73. The van der Waals surface area contributed by atoms with Gasteiger partial charge in [0.1, 0.15) is 17.9 Å². The van der Waals surface area contributed by atoms with Crippen molar-refractivity contribution in [2.24, 2.45) is 11.1 Å². The summed E-state index contributed by atoms with van der Waals surface area (Å²) in [7, 11) is 1.59. The molecule has 0 unspecified atom stereocenters. The third-order valence-corrected chi connectivity index (χ3v) is 8.61. The van der Waals surface area contributed by atoms with E-state index < -0.39 is 5.82 Å². The topological polar surface area (TPSA) is 106 Å². The first-order valence-electron chi connectivity index (χ1n) is 14.7. The lowest BCUT2D eigenvalue weighted by Gasteiger charge is -2.54. The molecule has 3 fully saturated rings. The Morgan fingerprint density at radius 2 is 2.02 bits per heavy atom. The van der Waals surface area contributed by atoms with Crippen LogP contribution >= 0.6 is 0 Å². The van der Waals surface area contributed by atoms with Crippen molar-refractivity contribution in [1.29, 1.82) is 0 Å². The van der Waals surface area contributed by atoms with Crippen LogP contribution in [0.3, 0.4) is 0 Å². The quantitative estimate of drug-likeness (QED) is 0.461. The van der Waals surface area contributed by atoms with Crippen molar-refractivity contribution in [2.75, 3.05) is 64.5 Å². The number of carbonyl (C=O) groups is 1. The Hall–Kier alpha value is -2.86. The normalized spacial score (nSPS) is 22.5. The molecule has 224 valence electrons. The van der Waals surface area contributed by atoms with Gasteiger partial charge in [-0.3, -0.25) is 4.79 Å². The molecule has 11 heteroatoms. The van der Waals surface area contributed by atoms with Crippen LogP contribution in [-0.4, -0.2) is 103 Å². The highest BCUT2D eigenvalue weighted by molar-refractivity contribution is 5.97. The lowest BCUT2D eigenvalue weighted by molar-refractivity contribution is -0.0277. The van der Waals surface area contributed by atoms with Crippen molar-refractivity contribution in [3.63, 3.8) is 0 Å². The number of hydrogen-bond donors (Lipinski definition) is 1. The van der Waals surface area contributed by atoms with E-state index >= 15 is 0 Å². The highest BCUT2D eigenvalue weighted by Gasteiger charge is 2.46. The minimum absolute atomic E-state index is 0.0958. The van der Waals surface area contributed by atoms with Gasteiger partial charge in [-0.1, -0.05) is 0 Å². The number of rotatable bonds is 10. The van der Waals surface area contributed by atoms with E-state index in [1.807, 2.05) is 13.8 Å². The molecule has 1 aromatic heterocycles. The molecule has 0 radical (unpaired) electrons. The fraction of sp³-hybridized carbons (Fsp3) is 0.633. The maximum atomic E-state index is 14.3. The fourth-order valence-electron chi connectivity index (χ4n) is 6.13. The van der Waals surface area contributed by atoms with Crippen molar-refractivity contribution < 1.29 is 23.4 Å². The first kappa shape index (κ1) is 29.6. The molecule has 1 spiro atoms. The van der Waals surface area contributed by atoms with Gasteiger partial charge in [0.15, 0.2) is 11.6 Å². The molecular weight excluding hydrogens is 527 g/mol. The van der Waals surface area contributed by atoms with Gasteiger partial charge < -0.3 is 34.6 Å². The average Bonchev–Trinajstić information content (AvgIpc) is 2.95. The summed E-state index contributed by atoms with van der Waals surface area (Å²) < 4.78 is 31.7. The summed E-state index contributed by atoms with van der Waals surface area (Å²) in [5.74, 6) is 0.574. The summed E-state index contributed by atoms with van der Waals surface area (Å²) in [5, 5.41) is 0. The molecule has 2 atom stereocenters. The van der Waals surface area contributed by atoms with Gasteiger partial charge in [-0.05, 0) is 70.8 Å². The number of likely N-dealkylation sites (tertiary alicyclic amines) is 1. The van der Waals surface area contributed by atoms with Crippen molar-refractivity contribution in [2.45, 2.75) is 57.7 Å². The standard InChI is InChI=1S/C30H43FN6O4/c1-21(2)37(12-13-39-3)29(38)25-14-22(31)4-7-26(25)41-27-15-33-20-34-28(27)36-18-30(19-36)8-10-35(11-9-30)16-24-6-5-23(32)17-40-24/h4,7,14-15,20-21,23-24H,5-6,8-13,16-19,32H2,1-3H3/t23-,24+/m1/s1. The lowest BCUT2D eigenvalue weighted by atomic mass is 9.72. The molecule has 0 bridgehead atoms. The van der Waals surface area contributed by atoms with Gasteiger partial charge in [0.25, 0.3) is 5.91 Å². The number of nitrogens with zero attached hydrogens (tertiary/aromatic N) is 5. The Labute approximate surface area is 241 Å². The van der Waals surface area contributed by atoms with E-state index in [1.165, 1.54) is 24.5 Å². The lowest BCUT2D eigenvalue weighted by Crippen LogP contribution is -2.61. The van der Waals surface area contributed by atoms with Gasteiger partial charge in [-0.25, -0.2) is 14.4 Å². The van der Waals surface area contributed by atoms with Crippen LogP contribution in [0, 0.1) is 11.2 Å². The Balaban J connectivity index is 1.23. The predicted molar refractivity (Wildman–Crippen MR) is 154 cm³/mol. The molecular formula is C30H43FN6O4. The van der Waals surface area contributed by atoms with Crippen LogP contribution in [0.25, 0.3) is 0 Å². The van der Waals surface area contributed by atoms with E-state index in [0.717, 1.165) is 58.4 Å². The molecule has 1 amide bonds. The Bertz CT molecular complexity index is 1180. The number of piperidine rings is 1. The molecule has 4 heterocycles. The summed E-state index contributed by atoms with van der Waals surface area (Å²) in [6.45, 7) is 10.1. The highest BCUT2D eigenvalue weighted by Crippen LogP contribution is 2.45. The number of nitrogens with two attached hydrogens (primary N) is 1. The van der Waals surface area contributed by atoms with E-state index in [1.54, 1.807) is 18.2 Å². The molecule has 0 aliphatic carbocycles. The zero-order valence-electron chi connectivity index (χ0n) is 24.4. The SMILES string of the molecule is COCCN(C(=O)c1cc(F)ccc1Oc1cncnc1N1CC2(CCN(C[C@@H]3CC[C@@H](N)CO3)CC2)C1)C(C)C. The van der Waals surface area contributed by atoms with Gasteiger partial charge in [0.05, 0.1) is 31.1 Å². The van der Waals surface area contributed by atoms with E-state index in [4.69, 9.17) is 19.9 Å². The minimum atomic E-state index is -0.504. The zero-order valence-corrected chi connectivity index (χ0v) is 24.4. The molecule has 10 nitrogen and oxygen atoms in total. The first-order valence-corrected chi connectivity index (χ1v) is 14.7. The summed E-state index contributed by atoms with van der Waals surface area (Å²) in [5.41, 5.74) is 6.38. The van der Waals surface area contributed by atoms with Gasteiger partial charge in [-0.15, -0.1) is 0 Å². The summed E-state index contributed by atoms with van der Waals surface area (Å²) in [6, 6.07) is 4.09. The zero-order chi connectivity index (χ0) is 29.0. The second kappa shape index (κ2) is 13.0. The number of aromatic nitrogens is 2. The third kappa shape index (κ3) is 6.97. The third-order valence-electron chi connectivity index (χ3n) is 8.61. The molecule has 0 saturated carbocycles. The number of hydrogen-bond acceptors (Lipinski definition) is 9. The maximum absolute atomic E-state index is 14.3. The molecule has 3 aliphatic heterocycles. The predicted octanol–water partition coefficient (Wildman–Crippen LogP) is 3.31. The van der Waals surface area contributed by atoms with E-state index in [2.05, 4.69) is 19.8 Å². The molecule has 2 N–H and O–H groups in total. The van der Waals surface area contributed by atoms with Crippen molar-refractivity contribution >= 4 is 11.7 Å². The van der Waals surface area contributed by atoms with Gasteiger partial charge in [0, 0.05) is 50.8 Å². The number of methoxy groups -OCH3 is 1. The number of ether oxygens (including phenoxy) is 3. The molecule has 3 saturated heterocycles. The Kier molecular flexibility index (Phi) is 9.38. The first-order chi connectivity index (χ1) is 19.8. The second-order valence-corrected chi connectivity index (χ2v) is 12.0. The Morgan fingerprint density at radius 3 is 2.71 bits per heavy atom. The second-order valence-electron chi connectivity index (χ2n) is 12.0. The average molecular weight is 571 g/mol. The molecule has 5 rings (SSSR count). The van der Waals surface area contributed by atoms with Crippen molar-refractivity contribution in [3.05, 3.63) is 42.1 Å². The number of carbonyl (C=O) groups excluding carboxylic acids is 1. The fourth-order valence-corrected chi connectivity index (χ4v) is 6.13. The Morgan fingerprint density at radius 1 is 1.24 bits per heavy atom. The van der Waals surface area contributed by atoms with E-state index in [0.29, 0.717) is 37.4 Å². The van der Waals surface area contributed by atoms with Crippen molar-refractivity contribution in [1.82, 2.24) is 19.8 Å². The smallest absolute Gasteiger partial charge is 0.258 e. The maximum Gasteiger partial charge on any atom is 0.258 e. The molecule has 2 aromatic rings. The number of halogens is 1. The van der Waals surface area contributed by atoms with Gasteiger partial charge in [-0.2, -0.15) is 0 Å². The van der Waals surface area contributed by atoms with Crippen molar-refractivity contribution in [3.8, 4) is 11.5 Å². The number of benzene rings is 1. The van der Waals surface area contributed by atoms with Gasteiger partial charge in [0.2, 0.25) is 0 Å². The van der Waals surface area contributed by atoms with Gasteiger partial charge >= 0.3 is 0 Å². The van der Waals surface area contributed by atoms with Crippen LogP contribution in [0.2, 0.25) is 0 Å². The van der Waals surface area contributed by atoms with E-state index in [9.17, 15) is 9.18 Å². The highest BCUT2D eigenvalue weighted by atomic mass is 19.1. The number of amides is 1. The summed E-state index contributed by atoms with van der Waals surface area (Å²) >= 11 is 0. The minimum Gasteiger partial charge on any atom is -0.451 e. The van der Waals surface area contributed by atoms with Crippen LogP contribution in [-0.2, 0) is 9.47 Å². The largest absolute Gasteiger partial charge is 0.451 e. The molecule has 1 aromatic carbocycles.